The molecule has 0 saturated heterocycles. The third-order valence-corrected chi connectivity index (χ3v) is 16.8. The quantitative estimate of drug-likeness (QED) is 0.163. The molecule has 2 aromatic heterocycles. The maximum absolute atomic E-state index is 14.8. The number of aromatic nitrogens is 4. The van der Waals surface area contributed by atoms with Crippen LogP contribution >= 0.6 is 18.2 Å². The summed E-state index contributed by atoms with van der Waals surface area (Å²) < 4.78 is 14.3. The molecule has 3 aliphatic rings. The molecule has 1 saturated carbocycles. The summed E-state index contributed by atoms with van der Waals surface area (Å²) in [6.07, 6.45) is 10.4. The number of hydrogen-bond donors (Lipinski definition) is 0. The molecule has 2 atom stereocenters. The maximum atomic E-state index is 14.8. The van der Waals surface area contributed by atoms with Gasteiger partial charge in [-0.3, -0.25) is 0 Å². The SMILES string of the molecule is Cc1nccn1CC(=O)N(c1cccc(-c2nnco2)c1)C1C(=O)N(C2CCCCC2)I2(=CC2)c2ccccc21. The van der Waals surface area contributed by atoms with Crippen molar-refractivity contribution in [1.82, 2.24) is 22.9 Å². The van der Waals surface area contributed by atoms with E-state index in [9.17, 15) is 9.59 Å². The first-order valence-corrected chi connectivity index (χ1v) is 18.5. The Bertz CT molecular complexity index is 1640. The number of rotatable bonds is 6. The second-order valence-electron chi connectivity index (χ2n) is 10.5. The molecule has 2 aromatic carbocycles. The summed E-state index contributed by atoms with van der Waals surface area (Å²) in [5, 5.41) is 7.88. The number of imidazole rings is 1. The number of benzene rings is 2. The van der Waals surface area contributed by atoms with E-state index < -0.39 is 24.3 Å². The first kappa shape index (κ1) is 25.3. The molecule has 9 nitrogen and oxygen atoms in total. The molecule has 0 N–H and O–H groups in total. The van der Waals surface area contributed by atoms with Crippen LogP contribution in [0.2, 0.25) is 0 Å². The number of hydrogen-bond acceptors (Lipinski definition) is 6. The van der Waals surface area contributed by atoms with Crippen molar-refractivity contribution >= 4 is 39.7 Å². The molecular weight excluding hydrogens is 619 g/mol. The van der Waals surface area contributed by atoms with Crippen LogP contribution < -0.4 is 4.90 Å². The molecule has 40 heavy (non-hydrogen) atoms. The summed E-state index contributed by atoms with van der Waals surface area (Å²) in [7, 11) is 0. The third-order valence-electron chi connectivity index (χ3n) is 8.15. The van der Waals surface area contributed by atoms with E-state index in [2.05, 4.69) is 40.5 Å². The van der Waals surface area contributed by atoms with Gasteiger partial charge < -0.3 is 0 Å². The zero-order chi connectivity index (χ0) is 27.3. The molecule has 10 heteroatoms. The van der Waals surface area contributed by atoms with E-state index in [0.717, 1.165) is 41.5 Å². The van der Waals surface area contributed by atoms with Crippen LogP contribution in [0.1, 0.15) is 49.5 Å². The molecule has 4 heterocycles. The van der Waals surface area contributed by atoms with Gasteiger partial charge in [-0.05, 0) is 0 Å². The monoisotopic (exact) mass is 650 g/mol. The fraction of sp³-hybridized carbons (Fsp3) is 0.333. The molecule has 4 aromatic rings. The van der Waals surface area contributed by atoms with Gasteiger partial charge in [-0.1, -0.05) is 0 Å². The standard InChI is InChI=1S/C30H31IN6O3/c1-21-32-16-17-35(21)19-27(38)36(24-11-7-8-22(18-24)29-34-33-20-40-29)28-25-12-5-6-13-26(25)31(14-15-31)37(30(28)39)23-9-3-2-4-10-23/h5-8,11-14,16-18,20,23,28H,2-4,9-10,15,19H2,1H3. The van der Waals surface area contributed by atoms with Gasteiger partial charge in [0.05, 0.1) is 0 Å². The number of amides is 2. The van der Waals surface area contributed by atoms with Crippen molar-refractivity contribution < 1.29 is 14.0 Å². The van der Waals surface area contributed by atoms with E-state index in [1.807, 2.05) is 41.8 Å². The topological polar surface area (TPSA) is 97.4 Å². The van der Waals surface area contributed by atoms with Gasteiger partial charge in [0.15, 0.2) is 0 Å². The van der Waals surface area contributed by atoms with E-state index in [-0.39, 0.29) is 24.4 Å². The summed E-state index contributed by atoms with van der Waals surface area (Å²) in [6.45, 7) is 1.95. The Morgan fingerprint density at radius 1 is 1.12 bits per heavy atom. The van der Waals surface area contributed by atoms with Crippen molar-refractivity contribution in [3.05, 3.63) is 82.3 Å². The summed E-state index contributed by atoms with van der Waals surface area (Å²) >= 11 is -2.76. The molecular formula is C30H31IN6O3. The normalized spacial score (nSPS) is 23.8. The number of fused-ring (bicyclic) bond motifs is 2. The summed E-state index contributed by atoms with van der Waals surface area (Å²) in [5.74, 6) is 0.991. The van der Waals surface area contributed by atoms with Crippen LogP contribution in [0.15, 0.2) is 71.7 Å². The van der Waals surface area contributed by atoms with Crippen LogP contribution in [0.4, 0.5) is 5.69 Å². The van der Waals surface area contributed by atoms with Crippen molar-refractivity contribution in [1.29, 1.82) is 0 Å². The van der Waals surface area contributed by atoms with Crippen molar-refractivity contribution in [2.24, 2.45) is 0 Å². The summed E-state index contributed by atoms with van der Waals surface area (Å²) in [4.78, 5) is 35.2. The minimum absolute atomic E-state index is 0.0645. The van der Waals surface area contributed by atoms with Crippen molar-refractivity contribution in [2.75, 3.05) is 9.33 Å². The number of alkyl halides is 1. The van der Waals surface area contributed by atoms with Gasteiger partial charge in [-0.15, -0.1) is 0 Å². The van der Waals surface area contributed by atoms with Crippen molar-refractivity contribution in [3.63, 3.8) is 0 Å². The van der Waals surface area contributed by atoms with Crippen LogP contribution in [-0.2, 0) is 16.1 Å². The zero-order valence-electron chi connectivity index (χ0n) is 22.3. The Hall–Kier alpha value is -3.67. The van der Waals surface area contributed by atoms with Gasteiger partial charge in [0.1, 0.15) is 0 Å². The van der Waals surface area contributed by atoms with Gasteiger partial charge in [0, 0.05) is 0 Å². The third kappa shape index (κ3) is 4.20. The van der Waals surface area contributed by atoms with Crippen molar-refractivity contribution in [3.8, 4) is 11.5 Å². The number of halogens is 1. The number of aryl methyl sites for hydroxylation is 1. The Balaban J connectivity index is 1.38. The van der Waals surface area contributed by atoms with Crippen LogP contribution in [0.5, 0.6) is 0 Å². The van der Waals surface area contributed by atoms with Gasteiger partial charge in [-0.2, -0.15) is 0 Å². The molecule has 2 unspecified atom stereocenters. The second kappa shape index (κ2) is 10.1. The van der Waals surface area contributed by atoms with Crippen molar-refractivity contribution in [2.45, 2.75) is 57.7 Å². The van der Waals surface area contributed by atoms with E-state index in [0.29, 0.717) is 17.1 Å². The molecule has 2 amide bonds. The average Bonchev–Trinajstić information content (AvgIpc) is 3.35. The number of carbonyl (C=O) groups is 2. The number of anilines is 1. The first-order chi connectivity index (χ1) is 19.6. The van der Waals surface area contributed by atoms with Crippen LogP contribution in [0, 0.1) is 10.5 Å². The van der Waals surface area contributed by atoms with Crippen LogP contribution in [-0.4, -0.2) is 49.2 Å². The number of carbonyl (C=O) groups excluding carboxylic acids is 2. The van der Waals surface area contributed by atoms with Gasteiger partial charge in [-0.25, -0.2) is 0 Å². The Morgan fingerprint density at radius 2 is 1.95 bits per heavy atom. The van der Waals surface area contributed by atoms with Gasteiger partial charge >= 0.3 is 237 Å². The van der Waals surface area contributed by atoms with Crippen LogP contribution in [0.25, 0.3) is 11.5 Å². The second-order valence-corrected chi connectivity index (χ2v) is 18.5. The first-order valence-electron chi connectivity index (χ1n) is 13.7. The van der Waals surface area contributed by atoms with E-state index in [4.69, 9.17) is 4.42 Å². The molecule has 206 valence electrons. The van der Waals surface area contributed by atoms with E-state index >= 15 is 0 Å². The molecule has 2 aliphatic heterocycles. The fourth-order valence-electron chi connectivity index (χ4n) is 6.16. The van der Waals surface area contributed by atoms with Crippen LogP contribution in [0.3, 0.4) is 0 Å². The Kier molecular flexibility index (Phi) is 6.37. The van der Waals surface area contributed by atoms with E-state index in [1.54, 1.807) is 17.3 Å². The fourth-order valence-corrected chi connectivity index (χ4v) is 16.4. The average molecular weight is 651 g/mol. The molecule has 1 spiro atoms. The predicted molar refractivity (Wildman–Crippen MR) is 161 cm³/mol. The zero-order valence-corrected chi connectivity index (χ0v) is 24.5. The van der Waals surface area contributed by atoms with Gasteiger partial charge in [0.25, 0.3) is 0 Å². The molecule has 1 aliphatic carbocycles. The molecule has 0 bridgehead atoms. The molecule has 0 radical (unpaired) electrons. The predicted octanol–water partition coefficient (Wildman–Crippen LogP) is 5.13. The molecule has 7 rings (SSSR count). The Labute approximate surface area is 236 Å². The minimum atomic E-state index is -2.76. The summed E-state index contributed by atoms with van der Waals surface area (Å²) in [6, 6.07) is 15.3. The van der Waals surface area contributed by atoms with Gasteiger partial charge in [0.2, 0.25) is 0 Å². The molecule has 1 fully saturated rings. The number of nitrogens with zero attached hydrogens (tertiary/aromatic N) is 6. The summed E-state index contributed by atoms with van der Waals surface area (Å²) in [5.41, 5.74) is 2.28. The Morgan fingerprint density at radius 3 is 2.67 bits per heavy atom. The van der Waals surface area contributed by atoms with E-state index in [1.165, 1.54) is 16.4 Å².